The van der Waals surface area contributed by atoms with Gasteiger partial charge in [-0.15, -0.1) is 0 Å². The maximum absolute atomic E-state index is 4.87. The highest BCUT2D eigenvalue weighted by molar-refractivity contribution is 9.10. The van der Waals surface area contributed by atoms with Gasteiger partial charge in [-0.3, -0.25) is 0 Å². The molecule has 1 aromatic rings. The lowest BCUT2D eigenvalue weighted by atomic mass is 9.80. The molecule has 0 spiro atoms. The molecule has 0 amide bonds. The van der Waals surface area contributed by atoms with Gasteiger partial charge in [0.05, 0.1) is 10.2 Å². The molecule has 0 radical (unpaired) electrons. The van der Waals surface area contributed by atoms with E-state index in [9.17, 15) is 0 Å². The molecule has 1 aliphatic rings. The molecular formula is C17H28BrN3. The quantitative estimate of drug-likeness (QED) is 0.753. The highest BCUT2D eigenvalue weighted by Gasteiger charge is 2.25. The standard InChI is InChI=1S/C17H28BrN3/c1-4-6-12-8-10-13(11-9-12)16-20-14(7-5-2)15(18)17(19-3)21-16/h12-13H,4-11H2,1-3H3,(H,19,20,21). The summed E-state index contributed by atoms with van der Waals surface area (Å²) in [6.45, 7) is 4.49. The lowest BCUT2D eigenvalue weighted by Crippen LogP contribution is -2.17. The van der Waals surface area contributed by atoms with Crippen molar-refractivity contribution in [2.24, 2.45) is 5.92 Å². The molecule has 0 saturated heterocycles. The van der Waals surface area contributed by atoms with Crippen LogP contribution in [0.25, 0.3) is 0 Å². The first-order chi connectivity index (χ1) is 10.2. The van der Waals surface area contributed by atoms with Crippen LogP contribution in [-0.4, -0.2) is 17.0 Å². The molecule has 21 heavy (non-hydrogen) atoms. The fourth-order valence-electron chi connectivity index (χ4n) is 3.38. The van der Waals surface area contributed by atoms with Crippen LogP contribution in [0.2, 0.25) is 0 Å². The Morgan fingerprint density at radius 2 is 1.81 bits per heavy atom. The molecule has 1 N–H and O–H groups in total. The van der Waals surface area contributed by atoms with Crippen molar-refractivity contribution in [1.29, 1.82) is 0 Å². The van der Waals surface area contributed by atoms with Crippen molar-refractivity contribution >= 4 is 21.7 Å². The molecule has 1 aliphatic carbocycles. The average Bonchev–Trinajstić information content (AvgIpc) is 2.51. The molecule has 1 aromatic heterocycles. The van der Waals surface area contributed by atoms with Crippen LogP contribution in [0.3, 0.4) is 0 Å². The second-order valence-electron chi connectivity index (χ2n) is 6.20. The molecule has 118 valence electrons. The Morgan fingerprint density at radius 1 is 1.10 bits per heavy atom. The van der Waals surface area contributed by atoms with Gasteiger partial charge in [0.25, 0.3) is 0 Å². The zero-order valence-corrected chi connectivity index (χ0v) is 15.2. The van der Waals surface area contributed by atoms with Crippen LogP contribution in [0.1, 0.15) is 76.2 Å². The number of aryl methyl sites for hydroxylation is 1. The van der Waals surface area contributed by atoms with Crippen molar-refractivity contribution in [1.82, 2.24) is 9.97 Å². The van der Waals surface area contributed by atoms with Crippen molar-refractivity contribution in [3.8, 4) is 0 Å². The third kappa shape index (κ3) is 4.18. The number of rotatable bonds is 6. The Bertz CT molecular complexity index is 454. The van der Waals surface area contributed by atoms with Gasteiger partial charge in [-0.2, -0.15) is 0 Å². The van der Waals surface area contributed by atoms with E-state index < -0.39 is 0 Å². The van der Waals surface area contributed by atoms with Gasteiger partial charge >= 0.3 is 0 Å². The van der Waals surface area contributed by atoms with Gasteiger partial charge < -0.3 is 5.32 Å². The number of nitrogens with zero attached hydrogens (tertiary/aromatic N) is 2. The topological polar surface area (TPSA) is 37.8 Å². The van der Waals surface area contributed by atoms with E-state index in [1.165, 1.54) is 38.5 Å². The van der Waals surface area contributed by atoms with Gasteiger partial charge in [0.15, 0.2) is 0 Å². The summed E-state index contributed by atoms with van der Waals surface area (Å²) in [6.07, 6.45) is 10.0. The van der Waals surface area contributed by atoms with Crippen LogP contribution in [0.4, 0.5) is 5.82 Å². The largest absolute Gasteiger partial charge is 0.372 e. The second-order valence-corrected chi connectivity index (χ2v) is 6.99. The summed E-state index contributed by atoms with van der Waals surface area (Å²) in [5.74, 6) is 3.48. The summed E-state index contributed by atoms with van der Waals surface area (Å²) >= 11 is 3.64. The fraction of sp³-hybridized carbons (Fsp3) is 0.765. The lowest BCUT2D eigenvalue weighted by molar-refractivity contribution is 0.302. The summed E-state index contributed by atoms with van der Waals surface area (Å²) in [6, 6.07) is 0. The summed E-state index contributed by atoms with van der Waals surface area (Å²) < 4.78 is 1.04. The number of anilines is 1. The van der Waals surface area contributed by atoms with Gasteiger partial charge in [0.1, 0.15) is 11.6 Å². The molecule has 0 aliphatic heterocycles. The summed E-state index contributed by atoms with van der Waals surface area (Å²) in [7, 11) is 1.94. The van der Waals surface area contributed by atoms with E-state index in [1.54, 1.807) is 0 Å². The first-order valence-corrected chi connectivity index (χ1v) is 9.22. The number of hydrogen-bond donors (Lipinski definition) is 1. The highest BCUT2D eigenvalue weighted by Crippen LogP contribution is 2.37. The average molecular weight is 354 g/mol. The molecule has 4 heteroatoms. The Balaban J connectivity index is 2.14. The van der Waals surface area contributed by atoms with Crippen molar-refractivity contribution in [2.45, 2.75) is 71.1 Å². The minimum atomic E-state index is 0.550. The maximum atomic E-state index is 4.87. The van der Waals surface area contributed by atoms with E-state index in [-0.39, 0.29) is 0 Å². The minimum Gasteiger partial charge on any atom is -0.372 e. The van der Waals surface area contributed by atoms with Gasteiger partial charge in [-0.1, -0.05) is 33.1 Å². The Labute approximate surface area is 137 Å². The smallest absolute Gasteiger partial charge is 0.144 e. The number of hydrogen-bond acceptors (Lipinski definition) is 3. The molecule has 1 saturated carbocycles. The van der Waals surface area contributed by atoms with Gasteiger partial charge in [0.2, 0.25) is 0 Å². The maximum Gasteiger partial charge on any atom is 0.144 e. The minimum absolute atomic E-state index is 0.550. The molecule has 0 unspecified atom stereocenters. The zero-order chi connectivity index (χ0) is 15.2. The predicted molar refractivity (Wildman–Crippen MR) is 92.9 cm³/mol. The predicted octanol–water partition coefficient (Wildman–Crippen LogP) is 5.31. The molecule has 0 atom stereocenters. The number of aromatic nitrogens is 2. The number of nitrogens with one attached hydrogen (secondary N) is 1. The molecule has 1 heterocycles. The Hall–Kier alpha value is -0.640. The molecule has 0 aromatic carbocycles. The van der Waals surface area contributed by atoms with Crippen LogP contribution in [-0.2, 0) is 6.42 Å². The molecule has 2 rings (SSSR count). The van der Waals surface area contributed by atoms with Crippen LogP contribution in [0.5, 0.6) is 0 Å². The summed E-state index contributed by atoms with van der Waals surface area (Å²) in [5, 5.41) is 3.20. The third-order valence-electron chi connectivity index (χ3n) is 4.57. The number of halogens is 1. The van der Waals surface area contributed by atoms with E-state index in [0.717, 1.165) is 40.6 Å². The summed E-state index contributed by atoms with van der Waals surface area (Å²) in [5.41, 5.74) is 1.16. The summed E-state index contributed by atoms with van der Waals surface area (Å²) in [4.78, 5) is 9.63. The van der Waals surface area contributed by atoms with E-state index in [0.29, 0.717) is 5.92 Å². The van der Waals surface area contributed by atoms with Gasteiger partial charge in [0, 0.05) is 13.0 Å². The van der Waals surface area contributed by atoms with Crippen molar-refractivity contribution < 1.29 is 0 Å². The first-order valence-electron chi connectivity index (χ1n) is 8.43. The van der Waals surface area contributed by atoms with Crippen molar-refractivity contribution in [2.75, 3.05) is 12.4 Å². The highest BCUT2D eigenvalue weighted by atomic mass is 79.9. The monoisotopic (exact) mass is 353 g/mol. The molecule has 1 fully saturated rings. The van der Waals surface area contributed by atoms with Crippen molar-refractivity contribution in [3.63, 3.8) is 0 Å². The molecule has 3 nitrogen and oxygen atoms in total. The van der Waals surface area contributed by atoms with E-state index in [1.807, 2.05) is 7.05 Å². The fourth-order valence-corrected chi connectivity index (χ4v) is 3.95. The lowest BCUT2D eigenvalue weighted by Gasteiger charge is -2.28. The second kappa shape index (κ2) is 8.11. The Kier molecular flexibility index (Phi) is 6.46. The molecular weight excluding hydrogens is 326 g/mol. The van der Waals surface area contributed by atoms with E-state index in [2.05, 4.69) is 35.1 Å². The SMILES string of the molecule is CCCc1nc(C2CCC(CCC)CC2)nc(NC)c1Br. The van der Waals surface area contributed by atoms with E-state index in [4.69, 9.17) is 9.97 Å². The van der Waals surface area contributed by atoms with E-state index >= 15 is 0 Å². The van der Waals surface area contributed by atoms with Gasteiger partial charge in [-0.05, 0) is 54.0 Å². The van der Waals surface area contributed by atoms with Crippen LogP contribution in [0, 0.1) is 5.92 Å². The van der Waals surface area contributed by atoms with Gasteiger partial charge in [-0.25, -0.2) is 9.97 Å². The third-order valence-corrected chi connectivity index (χ3v) is 5.40. The van der Waals surface area contributed by atoms with Crippen LogP contribution >= 0.6 is 15.9 Å². The van der Waals surface area contributed by atoms with Crippen LogP contribution < -0.4 is 5.32 Å². The Morgan fingerprint density at radius 3 is 2.38 bits per heavy atom. The first kappa shape index (κ1) is 16.7. The molecule has 0 bridgehead atoms. The van der Waals surface area contributed by atoms with Crippen LogP contribution in [0.15, 0.2) is 4.47 Å². The zero-order valence-electron chi connectivity index (χ0n) is 13.6. The normalized spacial score (nSPS) is 22.3. The van der Waals surface area contributed by atoms with Crippen molar-refractivity contribution in [3.05, 3.63) is 16.0 Å².